The monoisotopic (exact) mass is 219 g/mol. The van der Waals surface area contributed by atoms with Crippen LogP contribution >= 0.6 is 0 Å². The van der Waals surface area contributed by atoms with E-state index in [0.29, 0.717) is 0 Å². The van der Waals surface area contributed by atoms with Crippen molar-refractivity contribution in [1.82, 2.24) is 5.32 Å². The van der Waals surface area contributed by atoms with Gasteiger partial charge in [0.15, 0.2) is 0 Å². The van der Waals surface area contributed by atoms with E-state index in [9.17, 15) is 4.79 Å². The maximum Gasteiger partial charge on any atom is 0.222 e. The van der Waals surface area contributed by atoms with Crippen molar-refractivity contribution in [2.24, 2.45) is 5.92 Å². The number of hydrogen-bond acceptors (Lipinski definition) is 1. The maximum absolute atomic E-state index is 11.4. The van der Waals surface area contributed by atoms with Crippen molar-refractivity contribution < 1.29 is 4.79 Å². The van der Waals surface area contributed by atoms with Gasteiger partial charge >= 0.3 is 0 Å². The van der Waals surface area contributed by atoms with Gasteiger partial charge < -0.3 is 5.32 Å². The van der Waals surface area contributed by atoms with Crippen LogP contribution in [0.2, 0.25) is 0 Å². The average Bonchev–Trinajstić information content (AvgIpc) is 2.22. The summed E-state index contributed by atoms with van der Waals surface area (Å²) >= 11 is 0. The normalized spacial score (nSPS) is 10.6. The molecule has 0 spiro atoms. The number of carbonyl (C=O) groups excluding carboxylic acids is 1. The molecule has 0 bridgehead atoms. The van der Waals surface area contributed by atoms with Crippen molar-refractivity contribution in [2.75, 3.05) is 6.54 Å². The standard InChI is InChI=1S/C14H21NO/c1-10(2)14(16)15-8-7-13-9-11(3)5-6-12(13)4/h5-6,9-10H,7-8H2,1-4H3,(H,15,16). The summed E-state index contributed by atoms with van der Waals surface area (Å²) in [6.07, 6.45) is 0.909. The maximum atomic E-state index is 11.4. The SMILES string of the molecule is Cc1ccc(C)c(CCNC(=O)C(C)C)c1. The summed E-state index contributed by atoms with van der Waals surface area (Å²) in [6, 6.07) is 6.44. The summed E-state index contributed by atoms with van der Waals surface area (Å²) in [5.41, 5.74) is 3.89. The van der Waals surface area contributed by atoms with Crippen molar-refractivity contribution in [3.63, 3.8) is 0 Å². The highest BCUT2D eigenvalue weighted by Gasteiger charge is 2.05. The van der Waals surface area contributed by atoms with Crippen LogP contribution in [-0.4, -0.2) is 12.5 Å². The van der Waals surface area contributed by atoms with Crippen LogP contribution in [0.25, 0.3) is 0 Å². The van der Waals surface area contributed by atoms with Gasteiger partial charge in [-0.05, 0) is 31.4 Å². The molecule has 0 saturated carbocycles. The van der Waals surface area contributed by atoms with Gasteiger partial charge in [0.25, 0.3) is 0 Å². The minimum Gasteiger partial charge on any atom is -0.356 e. The Bertz CT molecular complexity index is 369. The highest BCUT2D eigenvalue weighted by molar-refractivity contribution is 5.77. The van der Waals surface area contributed by atoms with Gasteiger partial charge in [-0.15, -0.1) is 0 Å². The van der Waals surface area contributed by atoms with Crippen LogP contribution in [-0.2, 0) is 11.2 Å². The molecule has 1 aromatic rings. The summed E-state index contributed by atoms with van der Waals surface area (Å²) in [5, 5.41) is 2.94. The second-order valence-corrected chi connectivity index (χ2v) is 4.63. The fraction of sp³-hybridized carbons (Fsp3) is 0.500. The molecule has 1 rings (SSSR count). The fourth-order valence-electron chi connectivity index (χ4n) is 1.59. The molecule has 16 heavy (non-hydrogen) atoms. The lowest BCUT2D eigenvalue weighted by atomic mass is 10.0. The van der Waals surface area contributed by atoms with Crippen LogP contribution in [0.5, 0.6) is 0 Å². The minimum absolute atomic E-state index is 0.0682. The number of amides is 1. The van der Waals surface area contributed by atoms with Gasteiger partial charge in [-0.3, -0.25) is 4.79 Å². The second kappa shape index (κ2) is 5.69. The predicted octanol–water partition coefficient (Wildman–Crippen LogP) is 2.62. The second-order valence-electron chi connectivity index (χ2n) is 4.63. The highest BCUT2D eigenvalue weighted by atomic mass is 16.1. The number of rotatable bonds is 4. The molecule has 88 valence electrons. The Morgan fingerprint density at radius 1 is 1.31 bits per heavy atom. The molecular weight excluding hydrogens is 198 g/mol. The molecule has 0 aliphatic rings. The largest absolute Gasteiger partial charge is 0.356 e. The molecule has 1 aromatic carbocycles. The van der Waals surface area contributed by atoms with E-state index in [1.165, 1.54) is 16.7 Å². The first-order valence-corrected chi connectivity index (χ1v) is 5.84. The molecule has 0 fully saturated rings. The van der Waals surface area contributed by atoms with Gasteiger partial charge in [-0.1, -0.05) is 37.6 Å². The van der Waals surface area contributed by atoms with Gasteiger partial charge in [-0.2, -0.15) is 0 Å². The van der Waals surface area contributed by atoms with Crippen molar-refractivity contribution in [3.05, 3.63) is 34.9 Å². The van der Waals surface area contributed by atoms with E-state index >= 15 is 0 Å². The lowest BCUT2D eigenvalue weighted by molar-refractivity contribution is -0.123. The quantitative estimate of drug-likeness (QED) is 0.828. The van der Waals surface area contributed by atoms with Crippen LogP contribution in [0.3, 0.4) is 0 Å². The van der Waals surface area contributed by atoms with Gasteiger partial charge in [-0.25, -0.2) is 0 Å². The molecule has 0 saturated heterocycles. The van der Waals surface area contributed by atoms with E-state index in [1.807, 2.05) is 13.8 Å². The number of nitrogens with one attached hydrogen (secondary N) is 1. The van der Waals surface area contributed by atoms with Crippen LogP contribution in [0.1, 0.15) is 30.5 Å². The van der Waals surface area contributed by atoms with Gasteiger partial charge in [0.1, 0.15) is 0 Å². The summed E-state index contributed by atoms with van der Waals surface area (Å²) < 4.78 is 0. The third kappa shape index (κ3) is 3.69. The number of carbonyl (C=O) groups is 1. The van der Waals surface area contributed by atoms with Gasteiger partial charge in [0.05, 0.1) is 0 Å². The zero-order chi connectivity index (χ0) is 12.1. The van der Waals surface area contributed by atoms with Gasteiger partial charge in [0, 0.05) is 12.5 Å². The Kier molecular flexibility index (Phi) is 4.53. The minimum atomic E-state index is 0.0682. The molecule has 0 aliphatic carbocycles. The zero-order valence-corrected chi connectivity index (χ0v) is 10.6. The topological polar surface area (TPSA) is 29.1 Å². The van der Waals surface area contributed by atoms with Crippen LogP contribution < -0.4 is 5.32 Å². The molecular formula is C14H21NO. The molecule has 1 amide bonds. The van der Waals surface area contributed by atoms with E-state index in [2.05, 4.69) is 37.4 Å². The van der Waals surface area contributed by atoms with Crippen molar-refractivity contribution in [1.29, 1.82) is 0 Å². The van der Waals surface area contributed by atoms with Crippen LogP contribution in [0.4, 0.5) is 0 Å². The number of benzene rings is 1. The lowest BCUT2D eigenvalue weighted by Gasteiger charge is -2.10. The van der Waals surface area contributed by atoms with Crippen LogP contribution in [0.15, 0.2) is 18.2 Å². The molecule has 0 aliphatic heterocycles. The molecule has 1 N–H and O–H groups in total. The summed E-state index contributed by atoms with van der Waals surface area (Å²) in [6.45, 7) is 8.75. The number of aryl methyl sites for hydroxylation is 2. The first-order valence-electron chi connectivity index (χ1n) is 5.84. The van der Waals surface area contributed by atoms with Crippen LogP contribution in [0, 0.1) is 19.8 Å². The van der Waals surface area contributed by atoms with Crippen molar-refractivity contribution in [3.8, 4) is 0 Å². The predicted molar refractivity (Wildman–Crippen MR) is 67.5 cm³/mol. The smallest absolute Gasteiger partial charge is 0.222 e. The highest BCUT2D eigenvalue weighted by Crippen LogP contribution is 2.10. The van der Waals surface area contributed by atoms with E-state index in [4.69, 9.17) is 0 Å². The Morgan fingerprint density at radius 2 is 2.00 bits per heavy atom. The fourth-order valence-corrected chi connectivity index (χ4v) is 1.59. The van der Waals surface area contributed by atoms with E-state index < -0.39 is 0 Å². The Balaban J connectivity index is 2.49. The van der Waals surface area contributed by atoms with Gasteiger partial charge in [0.2, 0.25) is 5.91 Å². The molecule has 0 heterocycles. The van der Waals surface area contributed by atoms with E-state index in [-0.39, 0.29) is 11.8 Å². The number of hydrogen-bond donors (Lipinski definition) is 1. The third-order valence-corrected chi connectivity index (χ3v) is 2.72. The summed E-state index contributed by atoms with van der Waals surface area (Å²) in [4.78, 5) is 11.4. The molecule has 0 atom stereocenters. The van der Waals surface area contributed by atoms with Crippen molar-refractivity contribution in [2.45, 2.75) is 34.1 Å². The molecule has 0 radical (unpaired) electrons. The Hall–Kier alpha value is -1.31. The Morgan fingerprint density at radius 3 is 2.62 bits per heavy atom. The van der Waals surface area contributed by atoms with Crippen molar-refractivity contribution >= 4 is 5.91 Å². The summed E-state index contributed by atoms with van der Waals surface area (Å²) in [7, 11) is 0. The average molecular weight is 219 g/mol. The van der Waals surface area contributed by atoms with E-state index in [0.717, 1.165) is 13.0 Å². The van der Waals surface area contributed by atoms with E-state index in [1.54, 1.807) is 0 Å². The lowest BCUT2D eigenvalue weighted by Crippen LogP contribution is -2.29. The summed E-state index contributed by atoms with van der Waals surface area (Å²) in [5.74, 6) is 0.198. The first-order chi connectivity index (χ1) is 7.50. The molecule has 0 aromatic heterocycles. The zero-order valence-electron chi connectivity index (χ0n) is 10.6. The third-order valence-electron chi connectivity index (χ3n) is 2.72. The molecule has 0 unspecified atom stereocenters. The first kappa shape index (κ1) is 12.8. The molecule has 2 heteroatoms. The Labute approximate surface area is 98.1 Å². The molecule has 2 nitrogen and oxygen atoms in total.